The largest absolute Gasteiger partial charge is 0.497 e. The Morgan fingerprint density at radius 2 is 1.83 bits per heavy atom. The lowest BCUT2D eigenvalue weighted by atomic mass is 10.1. The second-order valence-corrected chi connectivity index (χ2v) is 9.60. The normalized spacial score (nSPS) is 11.5. The van der Waals surface area contributed by atoms with Gasteiger partial charge in [0.1, 0.15) is 22.3 Å². The van der Waals surface area contributed by atoms with E-state index in [2.05, 4.69) is 20.9 Å². The number of thiazole rings is 1. The maximum Gasteiger partial charge on any atom is 0.255 e. The minimum Gasteiger partial charge on any atom is -0.497 e. The van der Waals surface area contributed by atoms with Crippen LogP contribution >= 0.6 is 22.7 Å². The summed E-state index contributed by atoms with van der Waals surface area (Å²) in [6.45, 7) is 2.01. The molecule has 3 N–H and O–H groups in total. The minimum absolute atomic E-state index is 0.212. The number of anilines is 1. The molecule has 2 aromatic carbocycles. The molecule has 2 amide bonds. The molecule has 10 heteroatoms. The minimum atomic E-state index is -0.389. The first-order valence-electron chi connectivity index (χ1n) is 11.2. The van der Waals surface area contributed by atoms with Crippen molar-refractivity contribution in [1.29, 1.82) is 0 Å². The summed E-state index contributed by atoms with van der Waals surface area (Å²) in [6, 6.07) is 15.6. The van der Waals surface area contributed by atoms with Crippen LogP contribution in [-0.4, -0.2) is 37.0 Å². The number of carbonyl (C=O) groups is 2. The summed E-state index contributed by atoms with van der Waals surface area (Å²) < 4.78 is 11.2. The van der Waals surface area contributed by atoms with Gasteiger partial charge in [-0.3, -0.25) is 9.59 Å². The van der Waals surface area contributed by atoms with E-state index >= 15 is 0 Å². The molecule has 0 fully saturated rings. The molecule has 2 heterocycles. The van der Waals surface area contributed by atoms with E-state index in [1.54, 1.807) is 74.9 Å². The van der Waals surface area contributed by atoms with Crippen molar-refractivity contribution in [2.45, 2.75) is 19.5 Å². The summed E-state index contributed by atoms with van der Waals surface area (Å²) in [5.74, 6) is 1.04. The summed E-state index contributed by atoms with van der Waals surface area (Å²) >= 11 is 3.16. The van der Waals surface area contributed by atoms with E-state index in [0.29, 0.717) is 22.9 Å². The van der Waals surface area contributed by atoms with Crippen LogP contribution in [0.25, 0.3) is 9.88 Å². The van der Waals surface area contributed by atoms with Crippen molar-refractivity contribution in [2.75, 3.05) is 19.5 Å². The fraction of sp³-hybridized carbons (Fsp3) is 0.192. The Hall–Kier alpha value is -3.73. The van der Waals surface area contributed by atoms with Crippen LogP contribution in [0.4, 0.5) is 5.69 Å². The number of carbonyl (C=O) groups excluding carboxylic acids is 2. The van der Waals surface area contributed by atoms with E-state index in [0.717, 1.165) is 15.6 Å². The molecule has 0 saturated heterocycles. The molecule has 1 atom stereocenters. The number of aromatic nitrogens is 1. The van der Waals surface area contributed by atoms with Crippen LogP contribution in [0, 0.1) is 0 Å². The summed E-state index contributed by atoms with van der Waals surface area (Å²) in [4.78, 5) is 31.3. The smallest absolute Gasteiger partial charge is 0.255 e. The molecule has 0 aliphatic rings. The third-order valence-corrected chi connectivity index (χ3v) is 7.25. The zero-order chi connectivity index (χ0) is 25.5. The van der Waals surface area contributed by atoms with E-state index in [-0.39, 0.29) is 30.0 Å². The highest BCUT2D eigenvalue weighted by molar-refractivity contribution is 7.20. The van der Waals surface area contributed by atoms with Crippen LogP contribution in [0.3, 0.4) is 0 Å². The topological polar surface area (TPSA) is 102 Å². The first-order valence-corrected chi connectivity index (χ1v) is 12.9. The maximum absolute atomic E-state index is 13.2. The predicted molar refractivity (Wildman–Crippen MR) is 143 cm³/mol. The van der Waals surface area contributed by atoms with Crippen LogP contribution in [0.2, 0.25) is 0 Å². The number of benzene rings is 2. The fourth-order valence-corrected chi connectivity index (χ4v) is 4.83. The Morgan fingerprint density at radius 1 is 1.06 bits per heavy atom. The molecule has 36 heavy (non-hydrogen) atoms. The van der Waals surface area contributed by atoms with Crippen LogP contribution in [0.1, 0.15) is 23.0 Å². The van der Waals surface area contributed by atoms with Crippen molar-refractivity contribution in [2.24, 2.45) is 0 Å². The Labute approximate surface area is 217 Å². The molecule has 0 bridgehead atoms. The van der Waals surface area contributed by atoms with E-state index in [9.17, 15) is 9.59 Å². The molecule has 8 nitrogen and oxygen atoms in total. The Kier molecular flexibility index (Phi) is 8.32. The van der Waals surface area contributed by atoms with Gasteiger partial charge in [0.05, 0.1) is 35.8 Å². The van der Waals surface area contributed by atoms with Crippen LogP contribution < -0.4 is 25.4 Å². The molecule has 4 aromatic rings. The third kappa shape index (κ3) is 6.28. The van der Waals surface area contributed by atoms with Crippen molar-refractivity contribution >= 4 is 40.2 Å². The zero-order valence-electron chi connectivity index (χ0n) is 20.0. The van der Waals surface area contributed by atoms with Crippen molar-refractivity contribution in [1.82, 2.24) is 15.6 Å². The molecule has 0 unspecified atom stereocenters. The zero-order valence-corrected chi connectivity index (χ0v) is 21.7. The number of likely N-dealkylation sites (N-methyl/N-ethyl adjacent to an activating group) is 1. The Bertz CT molecular complexity index is 1320. The van der Waals surface area contributed by atoms with Gasteiger partial charge in [-0.15, -0.1) is 22.7 Å². The van der Waals surface area contributed by atoms with Gasteiger partial charge in [-0.1, -0.05) is 6.07 Å². The number of nitrogens with zero attached hydrogens (tertiary/aromatic N) is 1. The summed E-state index contributed by atoms with van der Waals surface area (Å²) in [6.07, 6.45) is 0. The number of methoxy groups -OCH3 is 1. The molecule has 0 aliphatic heterocycles. The van der Waals surface area contributed by atoms with Gasteiger partial charge in [-0.2, -0.15) is 0 Å². The summed E-state index contributed by atoms with van der Waals surface area (Å²) in [5, 5.41) is 13.5. The number of hydrogen-bond acceptors (Lipinski definition) is 8. The van der Waals surface area contributed by atoms with Gasteiger partial charge < -0.3 is 25.4 Å². The predicted octanol–water partition coefficient (Wildman–Crippen LogP) is 5.15. The lowest BCUT2D eigenvalue weighted by Crippen LogP contribution is -2.35. The van der Waals surface area contributed by atoms with Gasteiger partial charge in [-0.05, 0) is 67.9 Å². The lowest BCUT2D eigenvalue weighted by Gasteiger charge is -2.15. The highest BCUT2D eigenvalue weighted by Gasteiger charge is 2.18. The van der Waals surface area contributed by atoms with Gasteiger partial charge >= 0.3 is 0 Å². The van der Waals surface area contributed by atoms with Crippen molar-refractivity contribution < 1.29 is 19.1 Å². The average Bonchev–Trinajstić information content (AvgIpc) is 3.60. The van der Waals surface area contributed by atoms with E-state index < -0.39 is 0 Å². The maximum atomic E-state index is 13.2. The number of amides is 2. The molecule has 0 spiro atoms. The van der Waals surface area contributed by atoms with Crippen LogP contribution in [0.5, 0.6) is 17.2 Å². The van der Waals surface area contributed by atoms with Gasteiger partial charge in [0, 0.05) is 11.1 Å². The Balaban J connectivity index is 1.54. The molecule has 4 rings (SSSR count). The second-order valence-electron chi connectivity index (χ2n) is 7.79. The summed E-state index contributed by atoms with van der Waals surface area (Å²) in [7, 11) is 3.29. The molecule has 186 valence electrons. The Morgan fingerprint density at radius 3 is 2.53 bits per heavy atom. The molecular formula is C26H26N4O4S2. The average molecular weight is 523 g/mol. The highest BCUT2D eigenvalue weighted by Crippen LogP contribution is 2.30. The van der Waals surface area contributed by atoms with Crippen molar-refractivity contribution in [3.63, 3.8) is 0 Å². The highest BCUT2D eigenvalue weighted by atomic mass is 32.1. The number of hydrogen-bond donors (Lipinski definition) is 3. The number of ether oxygens (including phenoxy) is 2. The quantitative estimate of drug-likeness (QED) is 0.266. The van der Waals surface area contributed by atoms with Gasteiger partial charge in [0.2, 0.25) is 5.91 Å². The molecule has 0 saturated carbocycles. The van der Waals surface area contributed by atoms with Crippen LogP contribution in [0.15, 0.2) is 65.4 Å². The van der Waals surface area contributed by atoms with E-state index in [4.69, 9.17) is 9.47 Å². The number of rotatable bonds is 10. The van der Waals surface area contributed by atoms with Gasteiger partial charge in [0.15, 0.2) is 0 Å². The summed E-state index contributed by atoms with van der Waals surface area (Å²) in [5.41, 5.74) is 1.54. The van der Waals surface area contributed by atoms with Crippen molar-refractivity contribution in [3.05, 3.63) is 76.6 Å². The molecule has 0 radical (unpaired) electrons. The SMILES string of the molecule is CN[C@@H](C)C(=O)Nc1ccc(Oc2ccc(OC)cc2)c(C(=O)NCc2csc(-c3cccs3)n2)c1. The first-order chi connectivity index (χ1) is 17.5. The van der Waals surface area contributed by atoms with E-state index in [1.165, 1.54) is 11.3 Å². The third-order valence-electron chi connectivity index (χ3n) is 5.32. The molecule has 2 aromatic heterocycles. The van der Waals surface area contributed by atoms with Crippen LogP contribution in [-0.2, 0) is 11.3 Å². The molecule has 0 aliphatic carbocycles. The first kappa shape index (κ1) is 25.4. The fourth-order valence-electron chi connectivity index (χ4n) is 3.19. The standard InChI is InChI=1S/C26H26N4O4S2/c1-16(27-2)24(31)29-17-6-11-22(34-20-9-7-19(33-3)8-10-20)21(13-17)25(32)28-14-18-15-36-26(30-18)23-5-4-12-35-23/h4-13,15-16,27H,14H2,1-3H3,(H,28,32)(H,29,31)/t16-/m0/s1. The van der Waals surface area contributed by atoms with E-state index in [1.807, 2.05) is 22.9 Å². The van der Waals surface area contributed by atoms with Crippen molar-refractivity contribution in [3.8, 4) is 27.1 Å². The van der Waals surface area contributed by atoms with Gasteiger partial charge in [-0.25, -0.2) is 4.98 Å². The lowest BCUT2D eigenvalue weighted by molar-refractivity contribution is -0.117. The monoisotopic (exact) mass is 522 g/mol. The molecular weight excluding hydrogens is 496 g/mol. The number of thiophene rings is 1. The number of nitrogens with one attached hydrogen (secondary N) is 3. The van der Waals surface area contributed by atoms with Gasteiger partial charge in [0.25, 0.3) is 5.91 Å². The second kappa shape index (κ2) is 11.8.